The molecule has 0 saturated carbocycles. The highest BCUT2D eigenvalue weighted by Crippen LogP contribution is 2.09. The van der Waals surface area contributed by atoms with Crippen molar-refractivity contribution in [2.45, 2.75) is 19.9 Å². The summed E-state index contributed by atoms with van der Waals surface area (Å²) < 4.78 is 0. The fourth-order valence-corrected chi connectivity index (χ4v) is 1.93. The van der Waals surface area contributed by atoms with Crippen molar-refractivity contribution in [2.75, 3.05) is 5.32 Å². The third kappa shape index (κ3) is 5.10. The van der Waals surface area contributed by atoms with Crippen LogP contribution in [0.5, 0.6) is 0 Å². The van der Waals surface area contributed by atoms with Crippen molar-refractivity contribution in [1.82, 2.24) is 5.32 Å². The van der Waals surface area contributed by atoms with Crippen molar-refractivity contribution in [3.8, 4) is 0 Å². The Kier molecular flexibility index (Phi) is 5.10. The van der Waals surface area contributed by atoms with Crippen molar-refractivity contribution in [1.29, 1.82) is 0 Å². The Morgan fingerprint density at radius 1 is 0.952 bits per heavy atom. The molecule has 0 bridgehead atoms. The molecule has 0 aliphatic heterocycles. The zero-order valence-corrected chi connectivity index (χ0v) is 11.9. The largest absolute Gasteiger partial charge is 0.352 e. The van der Waals surface area contributed by atoms with E-state index in [0.29, 0.717) is 12.2 Å². The second-order valence-corrected chi connectivity index (χ2v) is 4.86. The Morgan fingerprint density at radius 3 is 2.43 bits per heavy atom. The molecule has 0 atom stereocenters. The van der Waals surface area contributed by atoms with Gasteiger partial charge in [-0.15, -0.1) is 0 Å². The Morgan fingerprint density at radius 2 is 1.71 bits per heavy atom. The van der Waals surface area contributed by atoms with Crippen molar-refractivity contribution in [2.24, 2.45) is 0 Å². The highest BCUT2D eigenvalue weighted by molar-refractivity contribution is 6.03. The monoisotopic (exact) mass is 282 g/mol. The highest BCUT2D eigenvalue weighted by Gasteiger charge is 2.09. The summed E-state index contributed by atoms with van der Waals surface area (Å²) in [6, 6.07) is 17.0. The van der Waals surface area contributed by atoms with Crippen LogP contribution in [0.3, 0.4) is 0 Å². The van der Waals surface area contributed by atoms with Crippen LogP contribution < -0.4 is 10.6 Å². The molecule has 2 aromatic carbocycles. The van der Waals surface area contributed by atoms with E-state index in [9.17, 15) is 9.59 Å². The SMILES string of the molecule is Cc1cccc(NC(=O)CC(=O)NCc2ccccc2)c1. The van der Waals surface area contributed by atoms with E-state index < -0.39 is 0 Å². The lowest BCUT2D eigenvalue weighted by Gasteiger charge is -2.07. The zero-order chi connectivity index (χ0) is 15.1. The molecule has 0 radical (unpaired) electrons. The average Bonchev–Trinajstić information content (AvgIpc) is 2.46. The number of nitrogens with one attached hydrogen (secondary N) is 2. The molecule has 108 valence electrons. The second kappa shape index (κ2) is 7.24. The van der Waals surface area contributed by atoms with Gasteiger partial charge < -0.3 is 10.6 Å². The van der Waals surface area contributed by atoms with Crippen molar-refractivity contribution >= 4 is 17.5 Å². The second-order valence-electron chi connectivity index (χ2n) is 4.86. The normalized spacial score (nSPS) is 9.95. The van der Waals surface area contributed by atoms with Crippen LogP contribution in [0.1, 0.15) is 17.5 Å². The van der Waals surface area contributed by atoms with E-state index in [0.717, 1.165) is 11.1 Å². The van der Waals surface area contributed by atoms with E-state index in [1.807, 2.05) is 55.5 Å². The number of hydrogen-bond acceptors (Lipinski definition) is 2. The maximum absolute atomic E-state index is 11.8. The molecule has 0 fully saturated rings. The molecule has 2 aromatic rings. The molecule has 2 amide bonds. The molecule has 0 saturated heterocycles. The summed E-state index contributed by atoms with van der Waals surface area (Å²) in [4.78, 5) is 23.5. The van der Waals surface area contributed by atoms with Gasteiger partial charge in [0.05, 0.1) is 0 Å². The number of carbonyl (C=O) groups is 2. The molecule has 0 aromatic heterocycles. The fourth-order valence-electron chi connectivity index (χ4n) is 1.93. The van der Waals surface area contributed by atoms with Gasteiger partial charge in [0.1, 0.15) is 6.42 Å². The lowest BCUT2D eigenvalue weighted by molar-refractivity contribution is -0.126. The van der Waals surface area contributed by atoms with E-state index in [4.69, 9.17) is 0 Å². The van der Waals surface area contributed by atoms with Crippen LogP contribution >= 0.6 is 0 Å². The molecule has 0 heterocycles. The van der Waals surface area contributed by atoms with Gasteiger partial charge in [-0.05, 0) is 30.2 Å². The summed E-state index contributed by atoms with van der Waals surface area (Å²) >= 11 is 0. The smallest absolute Gasteiger partial charge is 0.233 e. The first kappa shape index (κ1) is 14.8. The van der Waals surface area contributed by atoms with E-state index in [1.165, 1.54) is 0 Å². The predicted molar refractivity (Wildman–Crippen MR) is 82.7 cm³/mol. The van der Waals surface area contributed by atoms with Gasteiger partial charge in [-0.3, -0.25) is 9.59 Å². The van der Waals surface area contributed by atoms with E-state index >= 15 is 0 Å². The fraction of sp³-hybridized carbons (Fsp3) is 0.176. The van der Waals surface area contributed by atoms with E-state index in [1.54, 1.807) is 6.07 Å². The maximum Gasteiger partial charge on any atom is 0.233 e. The molecule has 0 aliphatic carbocycles. The van der Waals surface area contributed by atoms with Crippen LogP contribution in [0.15, 0.2) is 54.6 Å². The molecular formula is C17H18N2O2. The van der Waals surface area contributed by atoms with Crippen molar-refractivity contribution in [3.63, 3.8) is 0 Å². The number of aryl methyl sites for hydroxylation is 1. The summed E-state index contributed by atoms with van der Waals surface area (Å²) in [5, 5.41) is 5.44. The minimum Gasteiger partial charge on any atom is -0.352 e. The number of amides is 2. The Balaban J connectivity index is 1.78. The molecule has 21 heavy (non-hydrogen) atoms. The minimum absolute atomic E-state index is 0.180. The van der Waals surface area contributed by atoms with Gasteiger partial charge in [0.15, 0.2) is 0 Å². The van der Waals surface area contributed by atoms with Crippen LogP contribution in [0.2, 0.25) is 0 Å². The predicted octanol–water partition coefficient (Wildman–Crippen LogP) is 2.64. The Bertz CT molecular complexity index is 624. The van der Waals surface area contributed by atoms with Crippen LogP contribution in [0, 0.1) is 6.92 Å². The number of carbonyl (C=O) groups excluding carboxylic acids is 2. The van der Waals surface area contributed by atoms with Gasteiger partial charge in [0.25, 0.3) is 0 Å². The van der Waals surface area contributed by atoms with Gasteiger partial charge in [-0.2, -0.15) is 0 Å². The van der Waals surface area contributed by atoms with E-state index in [2.05, 4.69) is 10.6 Å². The number of anilines is 1. The number of benzene rings is 2. The van der Waals surface area contributed by atoms with Gasteiger partial charge in [0, 0.05) is 12.2 Å². The Hall–Kier alpha value is -2.62. The highest BCUT2D eigenvalue weighted by atomic mass is 16.2. The lowest BCUT2D eigenvalue weighted by Crippen LogP contribution is -2.27. The van der Waals surface area contributed by atoms with Crippen molar-refractivity contribution < 1.29 is 9.59 Å². The summed E-state index contributed by atoms with van der Waals surface area (Å²) in [6.07, 6.45) is -0.180. The first-order valence-corrected chi connectivity index (χ1v) is 6.80. The van der Waals surface area contributed by atoms with Gasteiger partial charge in [-0.1, -0.05) is 42.5 Å². The molecule has 4 nitrogen and oxygen atoms in total. The first-order valence-electron chi connectivity index (χ1n) is 6.80. The van der Waals surface area contributed by atoms with Crippen LogP contribution in [0.25, 0.3) is 0 Å². The Labute approximate surface area is 124 Å². The van der Waals surface area contributed by atoms with Gasteiger partial charge >= 0.3 is 0 Å². The van der Waals surface area contributed by atoms with Crippen LogP contribution in [-0.4, -0.2) is 11.8 Å². The minimum atomic E-state index is -0.314. The molecule has 0 spiro atoms. The molecule has 2 N–H and O–H groups in total. The number of rotatable bonds is 5. The first-order chi connectivity index (χ1) is 10.1. The third-order valence-electron chi connectivity index (χ3n) is 2.96. The molecular weight excluding hydrogens is 264 g/mol. The standard InChI is InChI=1S/C17H18N2O2/c1-13-6-5-9-15(10-13)19-17(21)11-16(20)18-12-14-7-3-2-4-8-14/h2-10H,11-12H2,1H3,(H,18,20)(H,19,21). The lowest BCUT2D eigenvalue weighted by atomic mass is 10.2. The number of hydrogen-bond donors (Lipinski definition) is 2. The van der Waals surface area contributed by atoms with Gasteiger partial charge in [0.2, 0.25) is 11.8 Å². The topological polar surface area (TPSA) is 58.2 Å². The molecule has 0 unspecified atom stereocenters. The zero-order valence-electron chi connectivity index (χ0n) is 11.9. The van der Waals surface area contributed by atoms with Crippen molar-refractivity contribution in [3.05, 3.63) is 65.7 Å². The molecule has 4 heteroatoms. The quantitative estimate of drug-likeness (QED) is 0.828. The van der Waals surface area contributed by atoms with E-state index in [-0.39, 0.29) is 18.2 Å². The maximum atomic E-state index is 11.8. The van der Waals surface area contributed by atoms with Crippen LogP contribution in [-0.2, 0) is 16.1 Å². The molecule has 2 rings (SSSR count). The summed E-state index contributed by atoms with van der Waals surface area (Å²) in [6.45, 7) is 2.37. The summed E-state index contributed by atoms with van der Waals surface area (Å²) in [7, 11) is 0. The van der Waals surface area contributed by atoms with Gasteiger partial charge in [-0.25, -0.2) is 0 Å². The third-order valence-corrected chi connectivity index (χ3v) is 2.96. The molecule has 0 aliphatic rings. The summed E-state index contributed by atoms with van der Waals surface area (Å²) in [5.74, 6) is -0.602. The van der Waals surface area contributed by atoms with Crippen LogP contribution in [0.4, 0.5) is 5.69 Å². The average molecular weight is 282 g/mol. The summed E-state index contributed by atoms with van der Waals surface area (Å²) in [5.41, 5.74) is 2.77.